The van der Waals surface area contributed by atoms with Gasteiger partial charge in [0.25, 0.3) is 0 Å². The first-order valence-electron chi connectivity index (χ1n) is 15.3. The number of nitrogens with one attached hydrogen (secondary N) is 2. The van der Waals surface area contributed by atoms with Gasteiger partial charge in [-0.25, -0.2) is 0 Å². The Morgan fingerprint density at radius 1 is 1.05 bits per heavy atom. The minimum atomic E-state index is -0.450. The van der Waals surface area contributed by atoms with Crippen LogP contribution in [0.1, 0.15) is 62.0 Å². The van der Waals surface area contributed by atoms with E-state index in [0.717, 1.165) is 38.6 Å². The number of ether oxygens (including phenoxy) is 1. The molecule has 0 radical (unpaired) electrons. The molecule has 0 spiro atoms. The Morgan fingerprint density at radius 3 is 2.45 bits per heavy atom. The predicted octanol–water partition coefficient (Wildman–Crippen LogP) is 2.22. The van der Waals surface area contributed by atoms with Gasteiger partial charge in [0.2, 0.25) is 12.3 Å². The van der Waals surface area contributed by atoms with E-state index in [1.54, 1.807) is 23.1 Å². The molecule has 2 aromatic rings. The summed E-state index contributed by atoms with van der Waals surface area (Å²) >= 11 is 0. The number of unbranched alkanes of at least 4 members (excludes halogenated alkanes) is 3. The van der Waals surface area contributed by atoms with E-state index in [0.29, 0.717) is 44.4 Å². The topological polar surface area (TPSA) is 189 Å². The van der Waals surface area contributed by atoms with Crippen molar-refractivity contribution in [1.82, 2.24) is 15.5 Å². The second-order valence-electron chi connectivity index (χ2n) is 11.2. The Bertz CT molecular complexity index is 1230. The summed E-state index contributed by atoms with van der Waals surface area (Å²) in [5, 5.41) is 25.8. The lowest BCUT2D eigenvalue weighted by molar-refractivity contribution is -0.129. The molecular weight excluding hydrogens is 560 g/mol. The van der Waals surface area contributed by atoms with Crippen LogP contribution in [0.4, 0.5) is 0 Å². The number of phenols is 1. The number of hydrogen-bond acceptors (Lipinski definition) is 9. The highest BCUT2D eigenvalue weighted by atomic mass is 16.5. The Labute approximate surface area is 260 Å². The van der Waals surface area contributed by atoms with Crippen molar-refractivity contribution in [3.8, 4) is 5.75 Å². The van der Waals surface area contributed by atoms with Crippen molar-refractivity contribution in [2.24, 2.45) is 17.2 Å². The van der Waals surface area contributed by atoms with Crippen LogP contribution in [0.2, 0.25) is 0 Å². The number of β-amino-alcohol motifs (C(OH)–C–C–N with tert-alkyl or cyclic N) is 1. The molecule has 0 aliphatic carbocycles. The summed E-state index contributed by atoms with van der Waals surface area (Å²) in [6.07, 6.45) is 7.48. The van der Waals surface area contributed by atoms with Gasteiger partial charge in [0, 0.05) is 30.4 Å². The highest BCUT2D eigenvalue weighted by Crippen LogP contribution is 2.30. The fourth-order valence-electron chi connectivity index (χ4n) is 5.39. The van der Waals surface area contributed by atoms with Crippen LogP contribution in [0.3, 0.4) is 0 Å². The van der Waals surface area contributed by atoms with Gasteiger partial charge in [-0.15, -0.1) is 0 Å². The third kappa shape index (κ3) is 11.5. The monoisotopic (exact) mass is 608 g/mol. The number of para-hydroxylation sites is 1. The number of phenolic OH excluding ortho intramolecular Hbond substituents is 1. The maximum absolute atomic E-state index is 12.2. The van der Waals surface area contributed by atoms with E-state index in [2.05, 4.69) is 22.8 Å². The fourth-order valence-corrected chi connectivity index (χ4v) is 5.39. The van der Waals surface area contributed by atoms with E-state index in [1.807, 2.05) is 18.2 Å². The highest BCUT2D eigenvalue weighted by molar-refractivity contribution is 5.78. The minimum absolute atomic E-state index is 0.0200. The molecule has 3 atom stereocenters. The molecular formula is C33H48N6O5. The summed E-state index contributed by atoms with van der Waals surface area (Å²) in [5.41, 5.74) is 20.0. The third-order valence-corrected chi connectivity index (χ3v) is 7.78. The zero-order valence-corrected chi connectivity index (χ0v) is 25.4. The molecule has 3 rings (SSSR count). The van der Waals surface area contributed by atoms with Gasteiger partial charge >= 0.3 is 0 Å². The minimum Gasteiger partial charge on any atom is -0.507 e. The van der Waals surface area contributed by atoms with Gasteiger partial charge in [-0.05, 0) is 55.8 Å². The third-order valence-electron chi connectivity index (χ3n) is 7.78. The van der Waals surface area contributed by atoms with Crippen molar-refractivity contribution in [1.29, 1.82) is 0 Å². The first kappa shape index (κ1) is 34.3. The van der Waals surface area contributed by atoms with Crippen LogP contribution >= 0.6 is 0 Å². The number of benzene rings is 2. The lowest BCUT2D eigenvalue weighted by Gasteiger charge is -2.26. The zero-order chi connectivity index (χ0) is 31.7. The maximum Gasteiger partial charge on any atom is 0.236 e. The molecule has 1 heterocycles. The average molecular weight is 609 g/mol. The quantitative estimate of drug-likeness (QED) is 0.0543. The number of rotatable bonds is 19. The van der Waals surface area contributed by atoms with Crippen LogP contribution in [0.25, 0.3) is 5.70 Å². The van der Waals surface area contributed by atoms with E-state index < -0.39 is 12.2 Å². The summed E-state index contributed by atoms with van der Waals surface area (Å²) in [4.78, 5) is 25.1. The number of carbonyl (C=O) groups is 2. The van der Waals surface area contributed by atoms with Crippen molar-refractivity contribution in [3.05, 3.63) is 83.4 Å². The lowest BCUT2D eigenvalue weighted by Crippen LogP contribution is -2.37. The molecule has 11 nitrogen and oxygen atoms in total. The molecule has 1 fully saturated rings. The van der Waals surface area contributed by atoms with Gasteiger partial charge < -0.3 is 47.7 Å². The average Bonchev–Trinajstić information content (AvgIpc) is 3.46. The van der Waals surface area contributed by atoms with Gasteiger partial charge in [0.05, 0.1) is 19.2 Å². The number of aliphatic hydroxyl groups is 1. The van der Waals surface area contributed by atoms with Crippen molar-refractivity contribution in [2.45, 2.75) is 63.1 Å². The molecule has 10 N–H and O–H groups in total. The number of carbonyl (C=O) groups excluding carboxylic acids is 2. The number of aliphatic hydroxyl groups excluding tert-OH is 1. The Balaban J connectivity index is 1.55. The summed E-state index contributed by atoms with van der Waals surface area (Å²) in [5.74, 6) is 0.317. The van der Waals surface area contributed by atoms with Crippen LogP contribution in [-0.4, -0.2) is 72.4 Å². The van der Waals surface area contributed by atoms with Crippen LogP contribution in [0.5, 0.6) is 5.75 Å². The van der Waals surface area contributed by atoms with Crippen LogP contribution in [-0.2, 0) is 14.3 Å². The smallest absolute Gasteiger partial charge is 0.236 e. The molecule has 1 aliphatic rings. The second kappa shape index (κ2) is 18.4. The Morgan fingerprint density at radius 2 is 1.77 bits per heavy atom. The number of allylic oxidation sites excluding steroid dienone is 1. The van der Waals surface area contributed by atoms with Crippen molar-refractivity contribution in [2.75, 3.05) is 32.7 Å². The number of likely N-dealkylation sites (tertiary alicyclic amines) is 1. The number of nitrogens with two attached hydrogens (primary N) is 3. The molecule has 0 saturated carbocycles. The molecule has 2 amide bonds. The molecule has 240 valence electrons. The highest BCUT2D eigenvalue weighted by Gasteiger charge is 2.24. The molecule has 0 aromatic heterocycles. The van der Waals surface area contributed by atoms with Crippen molar-refractivity contribution >= 4 is 18.0 Å². The van der Waals surface area contributed by atoms with E-state index in [-0.39, 0.29) is 41.4 Å². The van der Waals surface area contributed by atoms with Crippen molar-refractivity contribution in [3.63, 3.8) is 0 Å². The Kier molecular flexibility index (Phi) is 14.4. The van der Waals surface area contributed by atoms with Gasteiger partial charge in [-0.1, -0.05) is 61.7 Å². The predicted molar refractivity (Wildman–Crippen MR) is 172 cm³/mol. The maximum atomic E-state index is 12.2. The van der Waals surface area contributed by atoms with Gasteiger partial charge in [0.15, 0.2) is 5.76 Å². The molecule has 44 heavy (non-hydrogen) atoms. The van der Waals surface area contributed by atoms with Crippen molar-refractivity contribution < 1.29 is 24.5 Å². The van der Waals surface area contributed by atoms with E-state index >= 15 is 0 Å². The second-order valence-corrected chi connectivity index (χ2v) is 11.2. The van der Waals surface area contributed by atoms with Gasteiger partial charge in [0.1, 0.15) is 17.7 Å². The lowest BCUT2D eigenvalue weighted by atomic mass is 9.88. The van der Waals surface area contributed by atoms with Gasteiger partial charge in [-0.2, -0.15) is 0 Å². The van der Waals surface area contributed by atoms with E-state index in [1.165, 1.54) is 17.7 Å². The van der Waals surface area contributed by atoms with E-state index in [4.69, 9.17) is 21.9 Å². The molecule has 2 aromatic carbocycles. The first-order chi connectivity index (χ1) is 21.3. The molecule has 0 bridgehead atoms. The van der Waals surface area contributed by atoms with Crippen LogP contribution in [0, 0.1) is 0 Å². The molecule has 11 heteroatoms. The SMILES string of the molecule is NC(N)=C(/C=C(\N)c1ccccc1O)OC(CNC=O)CC(CCCCCCNCC(=O)N1CCC(O)C1)c1ccccc1. The number of amides is 2. The first-order valence-corrected chi connectivity index (χ1v) is 15.3. The molecule has 3 unspecified atom stereocenters. The largest absolute Gasteiger partial charge is 0.507 e. The summed E-state index contributed by atoms with van der Waals surface area (Å²) in [7, 11) is 0. The standard InChI is InChI=1S/C33H48N6O5/c34-29(28-13-7-8-14-30(28)42)19-31(33(35)36)44-27(20-38-23-40)18-25(24-10-5-3-6-11-24)12-4-1-2-9-16-37-21-32(43)39-17-15-26(41)22-39/h3,5-8,10-11,13-14,19,23,25-27,37,41-42H,1-2,4,9,12,15-18,20-22,34-36H2,(H,38,40)/b29-19-. The summed E-state index contributed by atoms with van der Waals surface area (Å²) in [6, 6.07) is 16.9. The summed E-state index contributed by atoms with van der Waals surface area (Å²) < 4.78 is 6.25. The molecule has 1 aliphatic heterocycles. The zero-order valence-electron chi connectivity index (χ0n) is 25.4. The fraction of sp³-hybridized carbons (Fsp3) is 0.455. The number of aromatic hydroxyl groups is 1. The van der Waals surface area contributed by atoms with Gasteiger partial charge in [-0.3, -0.25) is 9.59 Å². The molecule has 1 saturated heterocycles. The number of hydrogen-bond donors (Lipinski definition) is 7. The number of nitrogens with zero attached hydrogens (tertiary/aromatic N) is 1. The summed E-state index contributed by atoms with van der Waals surface area (Å²) in [6.45, 7) is 2.37. The van der Waals surface area contributed by atoms with Crippen LogP contribution < -0.4 is 27.8 Å². The van der Waals surface area contributed by atoms with E-state index in [9.17, 15) is 19.8 Å². The van der Waals surface area contributed by atoms with Crippen LogP contribution in [0.15, 0.2) is 72.3 Å². The normalized spacial score (nSPS) is 16.2. The Hall–Kier alpha value is -4.22.